The van der Waals surface area contributed by atoms with Crippen molar-refractivity contribution >= 4 is 5.78 Å². The van der Waals surface area contributed by atoms with Crippen molar-refractivity contribution in [1.82, 2.24) is 9.78 Å². The van der Waals surface area contributed by atoms with Crippen LogP contribution in [0.5, 0.6) is 0 Å². The van der Waals surface area contributed by atoms with E-state index >= 15 is 0 Å². The summed E-state index contributed by atoms with van der Waals surface area (Å²) in [5.41, 5.74) is 6.69. The Balaban J connectivity index is 1.67. The van der Waals surface area contributed by atoms with Gasteiger partial charge in [-0.25, -0.2) is 0 Å². The lowest BCUT2D eigenvalue weighted by molar-refractivity contribution is -0.127. The Kier molecular flexibility index (Phi) is 3.67. The van der Waals surface area contributed by atoms with Crippen LogP contribution in [-0.2, 0) is 11.2 Å². The summed E-state index contributed by atoms with van der Waals surface area (Å²) in [6.07, 6.45) is 10.5. The van der Waals surface area contributed by atoms with Crippen LogP contribution >= 0.6 is 0 Å². The smallest absolute Gasteiger partial charge is 0.146 e. The molecule has 1 heterocycles. The van der Waals surface area contributed by atoms with E-state index in [0.29, 0.717) is 12.5 Å². The fraction of sp³-hybridized carbons (Fsp3) is 0.750. The standard InChI is InChI=1S/C16H25N3O/c1-16(9-4-7-14(16)17)15(20)11-12-8-10-19(18-12)13-5-2-3-6-13/h8,10,13-14H,2-7,9,11,17H2,1H3. The monoisotopic (exact) mass is 275 g/mol. The van der Waals surface area contributed by atoms with Gasteiger partial charge in [0.15, 0.2) is 0 Å². The third-order valence-electron chi connectivity index (χ3n) is 5.37. The molecule has 4 nitrogen and oxygen atoms in total. The number of hydrogen-bond acceptors (Lipinski definition) is 3. The lowest BCUT2D eigenvalue weighted by atomic mass is 9.79. The lowest BCUT2D eigenvalue weighted by Crippen LogP contribution is -2.41. The average Bonchev–Trinajstić information content (AvgIpc) is 3.12. The minimum Gasteiger partial charge on any atom is -0.327 e. The largest absolute Gasteiger partial charge is 0.327 e. The number of Topliss-reactive ketones (excluding diaryl/α,β-unsaturated/α-hetero) is 1. The van der Waals surface area contributed by atoms with Gasteiger partial charge in [0, 0.05) is 17.7 Å². The predicted octanol–water partition coefficient (Wildman–Crippen LogP) is 2.63. The van der Waals surface area contributed by atoms with E-state index in [-0.39, 0.29) is 17.2 Å². The van der Waals surface area contributed by atoms with Gasteiger partial charge in [-0.1, -0.05) is 26.2 Å². The second-order valence-electron chi connectivity index (χ2n) is 6.74. The Hall–Kier alpha value is -1.16. The molecule has 110 valence electrons. The molecule has 2 aliphatic rings. The summed E-state index contributed by atoms with van der Waals surface area (Å²) < 4.78 is 2.06. The molecule has 2 atom stereocenters. The van der Waals surface area contributed by atoms with Crippen LogP contribution in [0.1, 0.15) is 63.6 Å². The molecule has 2 unspecified atom stereocenters. The van der Waals surface area contributed by atoms with Gasteiger partial charge in [0.2, 0.25) is 0 Å². The molecule has 1 aromatic heterocycles. The van der Waals surface area contributed by atoms with Gasteiger partial charge < -0.3 is 5.73 Å². The number of nitrogens with zero attached hydrogens (tertiary/aromatic N) is 2. The molecule has 0 amide bonds. The molecule has 3 rings (SSSR count). The molecule has 0 saturated heterocycles. The third-order valence-corrected chi connectivity index (χ3v) is 5.37. The number of ketones is 1. The van der Waals surface area contributed by atoms with Crippen LogP contribution in [-0.4, -0.2) is 21.6 Å². The van der Waals surface area contributed by atoms with Gasteiger partial charge in [-0.15, -0.1) is 0 Å². The molecule has 2 N–H and O–H groups in total. The van der Waals surface area contributed by atoms with Gasteiger partial charge in [0.25, 0.3) is 0 Å². The molecule has 20 heavy (non-hydrogen) atoms. The second-order valence-corrected chi connectivity index (χ2v) is 6.74. The number of nitrogens with two attached hydrogens (primary N) is 1. The first-order valence-corrected chi connectivity index (χ1v) is 7.92. The van der Waals surface area contributed by atoms with E-state index in [2.05, 4.69) is 9.78 Å². The molecule has 2 aliphatic carbocycles. The molecule has 0 radical (unpaired) electrons. The van der Waals surface area contributed by atoms with Gasteiger partial charge >= 0.3 is 0 Å². The Morgan fingerprint density at radius 1 is 1.40 bits per heavy atom. The molecule has 4 heteroatoms. The Labute approximate surface area is 120 Å². The highest BCUT2D eigenvalue weighted by Crippen LogP contribution is 2.38. The highest BCUT2D eigenvalue weighted by molar-refractivity contribution is 5.87. The van der Waals surface area contributed by atoms with Gasteiger partial charge in [-0.05, 0) is 31.7 Å². The van der Waals surface area contributed by atoms with Crippen LogP contribution in [0.4, 0.5) is 0 Å². The first-order valence-electron chi connectivity index (χ1n) is 7.92. The fourth-order valence-electron chi connectivity index (χ4n) is 3.75. The predicted molar refractivity (Wildman–Crippen MR) is 78.4 cm³/mol. The summed E-state index contributed by atoms with van der Waals surface area (Å²) in [5.74, 6) is 0.263. The molecule has 0 aliphatic heterocycles. The van der Waals surface area contributed by atoms with E-state index in [9.17, 15) is 4.79 Å². The average molecular weight is 275 g/mol. The molecule has 2 fully saturated rings. The van der Waals surface area contributed by atoms with E-state index in [1.165, 1.54) is 25.7 Å². The molecule has 0 aromatic carbocycles. The minimum atomic E-state index is -0.336. The summed E-state index contributed by atoms with van der Waals surface area (Å²) in [7, 11) is 0. The summed E-state index contributed by atoms with van der Waals surface area (Å²) in [5, 5.41) is 4.61. The van der Waals surface area contributed by atoms with Crippen molar-refractivity contribution < 1.29 is 4.79 Å². The van der Waals surface area contributed by atoms with Crippen LogP contribution < -0.4 is 5.73 Å². The maximum absolute atomic E-state index is 12.5. The number of carbonyl (C=O) groups excluding carboxylic acids is 1. The van der Waals surface area contributed by atoms with Crippen molar-refractivity contribution in [3.63, 3.8) is 0 Å². The zero-order chi connectivity index (χ0) is 14.2. The SMILES string of the molecule is CC1(C(=O)Cc2ccn(C3CCCC3)n2)CCCC1N. The molecule has 0 bridgehead atoms. The lowest BCUT2D eigenvalue weighted by Gasteiger charge is -2.26. The van der Waals surface area contributed by atoms with E-state index in [0.717, 1.165) is 25.0 Å². The zero-order valence-electron chi connectivity index (χ0n) is 12.3. The van der Waals surface area contributed by atoms with E-state index in [1.807, 2.05) is 19.2 Å². The van der Waals surface area contributed by atoms with Crippen LogP contribution in [0.25, 0.3) is 0 Å². The summed E-state index contributed by atoms with van der Waals surface area (Å²) in [6.45, 7) is 2.03. The molecular formula is C16H25N3O. The van der Waals surface area contributed by atoms with Crippen LogP contribution in [0.3, 0.4) is 0 Å². The molecule has 0 spiro atoms. The minimum absolute atomic E-state index is 0.0203. The third kappa shape index (κ3) is 2.41. The van der Waals surface area contributed by atoms with E-state index in [1.54, 1.807) is 0 Å². The molecule has 2 saturated carbocycles. The number of carbonyl (C=O) groups is 1. The fourth-order valence-corrected chi connectivity index (χ4v) is 3.75. The van der Waals surface area contributed by atoms with Crippen molar-refractivity contribution in [2.75, 3.05) is 0 Å². The summed E-state index contributed by atoms with van der Waals surface area (Å²) in [6, 6.07) is 2.56. The van der Waals surface area contributed by atoms with Crippen LogP contribution in [0.15, 0.2) is 12.3 Å². The maximum atomic E-state index is 12.5. The normalized spacial score (nSPS) is 31.0. The highest BCUT2D eigenvalue weighted by atomic mass is 16.1. The van der Waals surface area contributed by atoms with Gasteiger partial charge in [-0.2, -0.15) is 5.10 Å². The number of aromatic nitrogens is 2. The van der Waals surface area contributed by atoms with Crippen molar-refractivity contribution in [3.05, 3.63) is 18.0 Å². The maximum Gasteiger partial charge on any atom is 0.146 e. The first-order chi connectivity index (χ1) is 9.59. The van der Waals surface area contributed by atoms with E-state index < -0.39 is 0 Å². The Morgan fingerprint density at radius 2 is 2.15 bits per heavy atom. The molecular weight excluding hydrogens is 250 g/mol. The van der Waals surface area contributed by atoms with Crippen molar-refractivity contribution in [1.29, 1.82) is 0 Å². The number of hydrogen-bond donors (Lipinski definition) is 1. The van der Waals surface area contributed by atoms with Crippen LogP contribution in [0.2, 0.25) is 0 Å². The highest BCUT2D eigenvalue weighted by Gasteiger charge is 2.42. The van der Waals surface area contributed by atoms with Crippen molar-refractivity contribution in [3.8, 4) is 0 Å². The van der Waals surface area contributed by atoms with Crippen molar-refractivity contribution in [2.24, 2.45) is 11.1 Å². The topological polar surface area (TPSA) is 60.9 Å². The quantitative estimate of drug-likeness (QED) is 0.919. The first kappa shape index (κ1) is 13.8. The zero-order valence-corrected chi connectivity index (χ0v) is 12.3. The van der Waals surface area contributed by atoms with Gasteiger partial charge in [0.05, 0.1) is 18.2 Å². The Bertz CT molecular complexity index is 490. The molecule has 1 aromatic rings. The van der Waals surface area contributed by atoms with Gasteiger partial charge in [0.1, 0.15) is 5.78 Å². The second kappa shape index (κ2) is 5.32. The van der Waals surface area contributed by atoms with E-state index in [4.69, 9.17) is 5.73 Å². The Morgan fingerprint density at radius 3 is 2.80 bits per heavy atom. The summed E-state index contributed by atoms with van der Waals surface area (Å²) in [4.78, 5) is 12.5. The van der Waals surface area contributed by atoms with Crippen LogP contribution in [0, 0.1) is 5.41 Å². The van der Waals surface area contributed by atoms with Gasteiger partial charge in [-0.3, -0.25) is 9.48 Å². The summed E-state index contributed by atoms with van der Waals surface area (Å²) >= 11 is 0. The van der Waals surface area contributed by atoms with Crippen molar-refractivity contribution in [2.45, 2.75) is 70.4 Å². The number of rotatable bonds is 4.